The molecule has 1 aliphatic rings. The van der Waals surface area contributed by atoms with Gasteiger partial charge in [0.25, 0.3) is 0 Å². The summed E-state index contributed by atoms with van der Waals surface area (Å²) < 4.78 is 16.2. The largest absolute Gasteiger partial charge is 0.496 e. The minimum atomic E-state index is -0.592. The topological polar surface area (TPSA) is 73.8 Å². The van der Waals surface area contributed by atoms with Gasteiger partial charge in [-0.1, -0.05) is 6.07 Å². The number of ketones is 1. The fourth-order valence-electron chi connectivity index (χ4n) is 2.76. The number of epoxide rings is 1. The van der Waals surface area contributed by atoms with E-state index in [0.29, 0.717) is 22.8 Å². The molecule has 1 aromatic heterocycles. The van der Waals surface area contributed by atoms with Crippen molar-refractivity contribution in [2.24, 2.45) is 0 Å². The minimum Gasteiger partial charge on any atom is -0.496 e. The third-order valence-corrected chi connectivity index (χ3v) is 4.21. The van der Waals surface area contributed by atoms with Crippen LogP contribution in [0, 0.1) is 20.8 Å². The van der Waals surface area contributed by atoms with E-state index in [1.165, 1.54) is 14.2 Å². The maximum absolute atomic E-state index is 12.9. The number of carbonyl (C=O) groups is 1. The predicted molar refractivity (Wildman–Crippen MR) is 87.7 cm³/mol. The van der Waals surface area contributed by atoms with Crippen LogP contribution in [0.25, 0.3) is 0 Å². The van der Waals surface area contributed by atoms with Crippen molar-refractivity contribution >= 4 is 5.78 Å². The number of rotatable bonds is 5. The molecule has 24 heavy (non-hydrogen) atoms. The number of ether oxygens (including phenoxy) is 3. The van der Waals surface area contributed by atoms with Crippen molar-refractivity contribution < 1.29 is 19.0 Å². The maximum atomic E-state index is 12.9. The molecule has 0 radical (unpaired) electrons. The van der Waals surface area contributed by atoms with Crippen LogP contribution in [0.15, 0.2) is 18.2 Å². The molecule has 1 aliphatic heterocycles. The number of carbonyl (C=O) groups excluding carboxylic acids is 1. The van der Waals surface area contributed by atoms with Gasteiger partial charge >= 0.3 is 0 Å². The van der Waals surface area contributed by atoms with Crippen LogP contribution in [-0.2, 0) is 4.74 Å². The van der Waals surface area contributed by atoms with Crippen LogP contribution >= 0.6 is 0 Å². The molecular formula is C18H20N2O4. The second-order valence-corrected chi connectivity index (χ2v) is 5.74. The molecule has 1 fully saturated rings. The van der Waals surface area contributed by atoms with Gasteiger partial charge in [0.05, 0.1) is 37.0 Å². The highest BCUT2D eigenvalue weighted by Gasteiger charge is 2.49. The summed E-state index contributed by atoms with van der Waals surface area (Å²) in [6, 6.07) is 5.24. The third-order valence-electron chi connectivity index (χ3n) is 4.21. The van der Waals surface area contributed by atoms with Crippen molar-refractivity contribution in [3.63, 3.8) is 0 Å². The zero-order valence-corrected chi connectivity index (χ0v) is 14.4. The van der Waals surface area contributed by atoms with Gasteiger partial charge in [0.1, 0.15) is 23.2 Å². The molecular weight excluding hydrogens is 308 g/mol. The van der Waals surface area contributed by atoms with Gasteiger partial charge in [0, 0.05) is 0 Å². The Bertz CT molecular complexity index is 782. The lowest BCUT2D eigenvalue weighted by Gasteiger charge is -2.11. The van der Waals surface area contributed by atoms with E-state index < -0.39 is 6.10 Å². The fraction of sp³-hybridized carbons (Fsp3) is 0.389. The molecule has 0 bridgehead atoms. The van der Waals surface area contributed by atoms with Crippen LogP contribution in [0.2, 0.25) is 0 Å². The second kappa shape index (κ2) is 6.20. The Morgan fingerprint density at radius 1 is 1.00 bits per heavy atom. The molecule has 6 nitrogen and oxygen atoms in total. The van der Waals surface area contributed by atoms with Crippen LogP contribution in [0.4, 0.5) is 0 Å². The summed E-state index contributed by atoms with van der Waals surface area (Å²) in [7, 11) is 3.05. The third kappa shape index (κ3) is 2.73. The minimum absolute atomic E-state index is 0.172. The van der Waals surface area contributed by atoms with Crippen LogP contribution < -0.4 is 9.47 Å². The highest BCUT2D eigenvalue weighted by Crippen LogP contribution is 2.43. The zero-order chi connectivity index (χ0) is 17.4. The van der Waals surface area contributed by atoms with Gasteiger partial charge in [-0.15, -0.1) is 0 Å². The lowest BCUT2D eigenvalue weighted by atomic mass is 10.0. The Labute approximate surface area is 140 Å². The van der Waals surface area contributed by atoms with E-state index in [-0.39, 0.29) is 11.9 Å². The Morgan fingerprint density at radius 3 is 2.17 bits per heavy atom. The van der Waals surface area contributed by atoms with Gasteiger partial charge < -0.3 is 14.2 Å². The number of aromatic nitrogens is 2. The van der Waals surface area contributed by atoms with E-state index in [1.807, 2.05) is 20.8 Å². The number of benzene rings is 1. The van der Waals surface area contributed by atoms with Crippen LogP contribution in [0.3, 0.4) is 0 Å². The Hall–Kier alpha value is -2.47. The van der Waals surface area contributed by atoms with Crippen molar-refractivity contribution in [3.8, 4) is 11.5 Å². The van der Waals surface area contributed by atoms with Crippen molar-refractivity contribution in [2.75, 3.05) is 14.2 Å². The quantitative estimate of drug-likeness (QED) is 0.621. The predicted octanol–water partition coefficient (Wildman–Crippen LogP) is 2.74. The lowest BCUT2D eigenvalue weighted by molar-refractivity contribution is 0.0947. The molecule has 2 aromatic rings. The van der Waals surface area contributed by atoms with E-state index in [9.17, 15) is 4.79 Å². The van der Waals surface area contributed by atoms with Crippen molar-refractivity contribution in [1.82, 2.24) is 9.97 Å². The van der Waals surface area contributed by atoms with E-state index in [2.05, 4.69) is 9.97 Å². The number of methoxy groups -OCH3 is 2. The number of aryl methyl sites for hydroxylation is 3. The molecule has 1 aromatic carbocycles. The smallest absolute Gasteiger partial charge is 0.202 e. The molecule has 2 heterocycles. The number of Topliss-reactive ketones (excluding diaryl/α,β-unsaturated/α-hetero) is 1. The Balaban J connectivity index is 1.91. The van der Waals surface area contributed by atoms with Gasteiger partial charge in [0.2, 0.25) is 5.78 Å². The van der Waals surface area contributed by atoms with E-state index in [0.717, 1.165) is 17.1 Å². The molecule has 3 rings (SSSR count). The standard InChI is InChI=1S/C18H20N2O4/c1-9-10(2)20-15(11(3)19-9)17-18(24-17)16(21)14-12(22-4)7-6-8-13(14)23-5/h6-8,17-18H,1-5H3. The van der Waals surface area contributed by atoms with E-state index >= 15 is 0 Å². The monoisotopic (exact) mass is 328 g/mol. The van der Waals surface area contributed by atoms with Crippen LogP contribution in [0.1, 0.15) is 39.2 Å². The van der Waals surface area contributed by atoms with Gasteiger partial charge in [-0.05, 0) is 32.9 Å². The van der Waals surface area contributed by atoms with Crippen molar-refractivity contribution in [1.29, 1.82) is 0 Å². The molecule has 0 saturated carbocycles. The van der Waals surface area contributed by atoms with Crippen LogP contribution in [-0.4, -0.2) is 36.1 Å². The first-order valence-electron chi connectivity index (χ1n) is 7.70. The normalized spacial score (nSPS) is 19.0. The summed E-state index contributed by atoms with van der Waals surface area (Å²) in [5.74, 6) is 0.765. The molecule has 0 spiro atoms. The number of nitrogens with zero attached hydrogens (tertiary/aromatic N) is 2. The van der Waals surface area contributed by atoms with E-state index in [4.69, 9.17) is 14.2 Å². The molecule has 2 unspecified atom stereocenters. The summed E-state index contributed by atoms with van der Waals surface area (Å²) in [6.45, 7) is 5.69. The molecule has 2 atom stereocenters. The van der Waals surface area contributed by atoms with Crippen molar-refractivity contribution in [3.05, 3.63) is 46.5 Å². The fourth-order valence-corrected chi connectivity index (χ4v) is 2.76. The average molecular weight is 328 g/mol. The maximum Gasteiger partial charge on any atom is 0.202 e. The summed E-state index contributed by atoms with van der Waals surface area (Å²) in [5.41, 5.74) is 3.61. The Kier molecular flexibility index (Phi) is 4.24. The van der Waals surface area contributed by atoms with Gasteiger partial charge in [0.15, 0.2) is 6.10 Å². The highest BCUT2D eigenvalue weighted by molar-refractivity contribution is 6.05. The average Bonchev–Trinajstić information content (AvgIpc) is 3.37. The van der Waals surface area contributed by atoms with E-state index in [1.54, 1.807) is 18.2 Å². The molecule has 1 saturated heterocycles. The number of hydrogen-bond acceptors (Lipinski definition) is 6. The first kappa shape index (κ1) is 16.4. The molecule has 0 N–H and O–H groups in total. The van der Waals surface area contributed by atoms with Gasteiger partial charge in [-0.2, -0.15) is 0 Å². The summed E-state index contributed by atoms with van der Waals surface area (Å²) >= 11 is 0. The zero-order valence-electron chi connectivity index (χ0n) is 14.4. The molecule has 0 amide bonds. The molecule has 6 heteroatoms. The van der Waals surface area contributed by atoms with Gasteiger partial charge in [-0.25, -0.2) is 0 Å². The highest BCUT2D eigenvalue weighted by atomic mass is 16.6. The summed E-state index contributed by atoms with van der Waals surface area (Å²) in [6.07, 6.45) is -0.968. The first-order chi connectivity index (χ1) is 11.5. The summed E-state index contributed by atoms with van der Waals surface area (Å²) in [4.78, 5) is 21.9. The summed E-state index contributed by atoms with van der Waals surface area (Å²) in [5, 5.41) is 0. The number of hydrogen-bond donors (Lipinski definition) is 0. The second-order valence-electron chi connectivity index (χ2n) is 5.74. The SMILES string of the molecule is COc1cccc(OC)c1C(=O)C1OC1c1nc(C)c(C)nc1C. The molecule has 126 valence electrons. The first-order valence-corrected chi connectivity index (χ1v) is 7.70. The van der Waals surface area contributed by atoms with Crippen molar-refractivity contribution in [2.45, 2.75) is 33.0 Å². The lowest BCUT2D eigenvalue weighted by Crippen LogP contribution is -2.13. The van der Waals surface area contributed by atoms with Crippen LogP contribution in [0.5, 0.6) is 11.5 Å². The van der Waals surface area contributed by atoms with Gasteiger partial charge in [-0.3, -0.25) is 14.8 Å². The Morgan fingerprint density at radius 2 is 1.58 bits per heavy atom. The molecule has 0 aliphatic carbocycles.